The number of halogens is 1. The van der Waals surface area contributed by atoms with Gasteiger partial charge in [-0.05, 0) is 31.0 Å². The molecular formula is C13H15ClN2. The summed E-state index contributed by atoms with van der Waals surface area (Å²) >= 11 is 6.20. The van der Waals surface area contributed by atoms with Gasteiger partial charge in [0.05, 0.1) is 10.5 Å². The van der Waals surface area contributed by atoms with Crippen LogP contribution < -0.4 is 5.32 Å². The molecule has 0 unspecified atom stereocenters. The van der Waals surface area contributed by atoms with Gasteiger partial charge in [-0.2, -0.15) is 0 Å². The Bertz CT molecular complexity index is 535. The molecular weight excluding hydrogens is 220 g/mol. The topological polar surface area (TPSA) is 24.9 Å². The molecule has 0 radical (unpaired) electrons. The summed E-state index contributed by atoms with van der Waals surface area (Å²) in [6, 6.07) is 6.02. The fourth-order valence-corrected chi connectivity index (χ4v) is 2.11. The highest BCUT2D eigenvalue weighted by molar-refractivity contribution is 6.35. The number of pyridine rings is 1. The molecule has 0 fully saturated rings. The molecule has 0 bridgehead atoms. The standard InChI is InChI=1S/C13H15ClN2/c1-4-9-7-11(15-3)12-8(2)5-6-10(14)13(12)16-9/h5-7H,4H2,1-3H3,(H,15,16). The Kier molecular flexibility index (Phi) is 3.01. The van der Waals surface area contributed by atoms with E-state index in [0.29, 0.717) is 5.02 Å². The Balaban J connectivity index is 2.88. The summed E-state index contributed by atoms with van der Waals surface area (Å²) in [7, 11) is 1.93. The first-order valence-electron chi connectivity index (χ1n) is 5.43. The molecule has 0 saturated heterocycles. The molecule has 2 nitrogen and oxygen atoms in total. The van der Waals surface area contributed by atoms with Crippen molar-refractivity contribution in [2.75, 3.05) is 12.4 Å². The predicted octanol–water partition coefficient (Wildman–Crippen LogP) is 3.80. The molecule has 1 N–H and O–H groups in total. The third-order valence-corrected chi connectivity index (χ3v) is 3.11. The maximum absolute atomic E-state index is 6.20. The number of nitrogens with zero attached hydrogens (tertiary/aromatic N) is 1. The lowest BCUT2D eigenvalue weighted by Crippen LogP contribution is -1.97. The number of aromatic nitrogens is 1. The SMILES string of the molecule is CCc1cc(NC)c2c(C)ccc(Cl)c2n1. The van der Waals surface area contributed by atoms with E-state index >= 15 is 0 Å². The van der Waals surface area contributed by atoms with Crippen LogP contribution in [0.3, 0.4) is 0 Å². The summed E-state index contributed by atoms with van der Waals surface area (Å²) in [6.07, 6.45) is 0.912. The van der Waals surface area contributed by atoms with Crippen molar-refractivity contribution in [1.29, 1.82) is 0 Å². The van der Waals surface area contributed by atoms with Crippen LogP contribution in [0.5, 0.6) is 0 Å². The van der Waals surface area contributed by atoms with E-state index in [2.05, 4.69) is 30.2 Å². The summed E-state index contributed by atoms with van der Waals surface area (Å²) in [4.78, 5) is 4.59. The Hall–Kier alpha value is -1.28. The van der Waals surface area contributed by atoms with E-state index in [-0.39, 0.29) is 0 Å². The van der Waals surface area contributed by atoms with Crippen LogP contribution in [-0.4, -0.2) is 12.0 Å². The number of nitrogens with one attached hydrogen (secondary N) is 1. The van der Waals surface area contributed by atoms with Gasteiger partial charge in [0.1, 0.15) is 0 Å². The second kappa shape index (κ2) is 4.30. The summed E-state index contributed by atoms with van der Waals surface area (Å²) in [5.74, 6) is 0. The quantitative estimate of drug-likeness (QED) is 0.855. The van der Waals surface area contributed by atoms with Gasteiger partial charge in [-0.1, -0.05) is 24.6 Å². The molecule has 3 heteroatoms. The molecule has 1 aromatic carbocycles. The van der Waals surface area contributed by atoms with Crippen LogP contribution in [0.2, 0.25) is 5.02 Å². The van der Waals surface area contributed by atoms with Gasteiger partial charge in [0, 0.05) is 23.8 Å². The van der Waals surface area contributed by atoms with Crippen LogP contribution in [0.1, 0.15) is 18.2 Å². The fraction of sp³-hybridized carbons (Fsp3) is 0.308. The second-order valence-corrected chi connectivity index (χ2v) is 4.26. The third kappa shape index (κ3) is 1.74. The molecule has 1 aromatic heterocycles. The second-order valence-electron chi connectivity index (χ2n) is 3.85. The average Bonchev–Trinajstić information content (AvgIpc) is 2.32. The van der Waals surface area contributed by atoms with Crippen LogP contribution in [0.4, 0.5) is 5.69 Å². The zero-order valence-corrected chi connectivity index (χ0v) is 10.5. The maximum Gasteiger partial charge on any atom is 0.0914 e. The van der Waals surface area contributed by atoms with Crippen molar-refractivity contribution in [3.05, 3.63) is 34.5 Å². The van der Waals surface area contributed by atoms with Crippen molar-refractivity contribution >= 4 is 28.2 Å². The van der Waals surface area contributed by atoms with Gasteiger partial charge < -0.3 is 5.32 Å². The van der Waals surface area contributed by atoms with Gasteiger partial charge in [-0.15, -0.1) is 0 Å². The van der Waals surface area contributed by atoms with Crippen molar-refractivity contribution in [1.82, 2.24) is 4.98 Å². The normalized spacial score (nSPS) is 10.8. The third-order valence-electron chi connectivity index (χ3n) is 2.80. The summed E-state index contributed by atoms with van der Waals surface area (Å²) < 4.78 is 0. The molecule has 0 amide bonds. The van der Waals surface area contributed by atoms with Crippen molar-refractivity contribution in [3.63, 3.8) is 0 Å². The molecule has 0 aliphatic heterocycles. The smallest absolute Gasteiger partial charge is 0.0914 e. The minimum Gasteiger partial charge on any atom is -0.388 e. The number of hydrogen-bond acceptors (Lipinski definition) is 2. The van der Waals surface area contributed by atoms with E-state index in [4.69, 9.17) is 11.6 Å². The number of benzene rings is 1. The molecule has 16 heavy (non-hydrogen) atoms. The van der Waals surface area contributed by atoms with Crippen LogP contribution in [-0.2, 0) is 6.42 Å². The molecule has 0 aliphatic carbocycles. The molecule has 84 valence electrons. The first-order chi connectivity index (χ1) is 7.67. The molecule has 2 rings (SSSR count). The van der Waals surface area contributed by atoms with Crippen molar-refractivity contribution < 1.29 is 0 Å². The molecule has 0 spiro atoms. The minimum absolute atomic E-state index is 0.715. The zero-order valence-electron chi connectivity index (χ0n) is 9.76. The molecule has 0 atom stereocenters. The highest BCUT2D eigenvalue weighted by atomic mass is 35.5. The Morgan fingerprint density at radius 2 is 2.12 bits per heavy atom. The fourth-order valence-electron chi connectivity index (χ4n) is 1.91. The maximum atomic E-state index is 6.20. The first-order valence-corrected chi connectivity index (χ1v) is 5.81. The van der Waals surface area contributed by atoms with Crippen molar-refractivity contribution in [3.8, 4) is 0 Å². The number of rotatable bonds is 2. The number of anilines is 1. The molecule has 0 saturated carbocycles. The van der Waals surface area contributed by atoms with E-state index < -0.39 is 0 Å². The average molecular weight is 235 g/mol. The number of aryl methyl sites for hydroxylation is 2. The van der Waals surface area contributed by atoms with Crippen LogP contribution >= 0.6 is 11.6 Å². The highest BCUT2D eigenvalue weighted by Crippen LogP contribution is 2.31. The minimum atomic E-state index is 0.715. The Morgan fingerprint density at radius 1 is 1.38 bits per heavy atom. The van der Waals surface area contributed by atoms with Gasteiger partial charge in [0.2, 0.25) is 0 Å². The van der Waals surface area contributed by atoms with Gasteiger partial charge >= 0.3 is 0 Å². The largest absolute Gasteiger partial charge is 0.388 e. The lowest BCUT2D eigenvalue weighted by molar-refractivity contribution is 1.06. The first kappa shape index (κ1) is 11.2. The van der Waals surface area contributed by atoms with Crippen molar-refractivity contribution in [2.24, 2.45) is 0 Å². The van der Waals surface area contributed by atoms with Crippen LogP contribution in [0.15, 0.2) is 18.2 Å². The molecule has 1 heterocycles. The molecule has 0 aliphatic rings. The van der Waals surface area contributed by atoms with Gasteiger partial charge in [0.25, 0.3) is 0 Å². The van der Waals surface area contributed by atoms with Crippen LogP contribution in [0, 0.1) is 6.92 Å². The number of hydrogen-bond donors (Lipinski definition) is 1. The lowest BCUT2D eigenvalue weighted by atomic mass is 10.1. The lowest BCUT2D eigenvalue weighted by Gasteiger charge is -2.11. The Morgan fingerprint density at radius 3 is 2.75 bits per heavy atom. The van der Waals surface area contributed by atoms with E-state index in [1.165, 1.54) is 5.56 Å². The van der Waals surface area contributed by atoms with Gasteiger partial charge in [-0.3, -0.25) is 4.98 Å². The zero-order chi connectivity index (χ0) is 11.7. The summed E-state index contributed by atoms with van der Waals surface area (Å²) in [5, 5.41) is 5.05. The van der Waals surface area contributed by atoms with Gasteiger partial charge in [-0.25, -0.2) is 0 Å². The van der Waals surface area contributed by atoms with E-state index in [1.54, 1.807) is 0 Å². The highest BCUT2D eigenvalue weighted by Gasteiger charge is 2.09. The van der Waals surface area contributed by atoms with Crippen molar-refractivity contribution in [2.45, 2.75) is 20.3 Å². The number of fused-ring (bicyclic) bond motifs is 1. The monoisotopic (exact) mass is 234 g/mol. The molecule has 2 aromatic rings. The predicted molar refractivity (Wildman–Crippen MR) is 70.4 cm³/mol. The Labute approximate surface area is 101 Å². The van der Waals surface area contributed by atoms with E-state index in [9.17, 15) is 0 Å². The van der Waals surface area contributed by atoms with E-state index in [0.717, 1.165) is 28.7 Å². The summed E-state index contributed by atoms with van der Waals surface area (Å²) in [5.41, 5.74) is 4.25. The van der Waals surface area contributed by atoms with Gasteiger partial charge in [0.15, 0.2) is 0 Å². The summed E-state index contributed by atoms with van der Waals surface area (Å²) in [6.45, 7) is 4.17. The van der Waals surface area contributed by atoms with Crippen LogP contribution in [0.25, 0.3) is 10.9 Å². The van der Waals surface area contributed by atoms with E-state index in [1.807, 2.05) is 19.2 Å².